The highest BCUT2D eigenvalue weighted by molar-refractivity contribution is 5.66. The van der Waals surface area contributed by atoms with Gasteiger partial charge in [0.05, 0.1) is 6.04 Å². The lowest BCUT2D eigenvalue weighted by molar-refractivity contribution is 0.284. The Morgan fingerprint density at radius 2 is 1.73 bits per heavy atom. The average molecular weight is 295 g/mol. The zero-order valence-corrected chi connectivity index (χ0v) is 14.6. The van der Waals surface area contributed by atoms with Crippen LogP contribution < -0.4 is 4.90 Å². The molecule has 0 saturated carbocycles. The monoisotopic (exact) mass is 295 g/mol. The van der Waals surface area contributed by atoms with Gasteiger partial charge in [-0.3, -0.25) is 0 Å². The van der Waals surface area contributed by atoms with Crippen molar-refractivity contribution < 1.29 is 0 Å². The fourth-order valence-corrected chi connectivity index (χ4v) is 4.00. The van der Waals surface area contributed by atoms with Crippen molar-refractivity contribution in [3.8, 4) is 0 Å². The summed E-state index contributed by atoms with van der Waals surface area (Å²) in [4.78, 5) is 2.70. The van der Waals surface area contributed by atoms with Gasteiger partial charge in [0.2, 0.25) is 0 Å². The molecular weight excluding hydrogens is 266 g/mol. The van der Waals surface area contributed by atoms with E-state index in [1.807, 2.05) is 0 Å². The molecule has 2 aliphatic rings. The molecule has 22 heavy (non-hydrogen) atoms. The molecule has 3 rings (SSSR count). The molecular formula is C21H29N. The molecule has 1 nitrogen and oxygen atoms in total. The van der Waals surface area contributed by atoms with Gasteiger partial charge in [-0.15, -0.1) is 0 Å². The Balaban J connectivity index is 2.04. The van der Waals surface area contributed by atoms with E-state index in [0.29, 0.717) is 29.3 Å². The standard InChI is InChI=1S/C21H29N/c1-15(2)20(14-21(3,4)5)22-18-12-8-6-10-16(18)17-11-7-9-13-19(17)22/h6-13,15-16,18,20H,14H2,1-5H3. The van der Waals surface area contributed by atoms with Gasteiger partial charge >= 0.3 is 0 Å². The number of fused-ring (bicyclic) bond motifs is 3. The maximum absolute atomic E-state index is 2.70. The minimum atomic E-state index is 0.343. The molecule has 1 aliphatic heterocycles. The van der Waals surface area contributed by atoms with Gasteiger partial charge in [0.15, 0.2) is 0 Å². The first kappa shape index (κ1) is 15.4. The SMILES string of the molecule is CC(C)C(CC(C)(C)C)N1c2ccccc2C2C=CC=CC21. The molecule has 1 aliphatic carbocycles. The van der Waals surface area contributed by atoms with Crippen molar-refractivity contribution in [3.63, 3.8) is 0 Å². The number of para-hydroxylation sites is 1. The average Bonchev–Trinajstić information content (AvgIpc) is 2.78. The number of nitrogens with zero attached hydrogens (tertiary/aromatic N) is 1. The topological polar surface area (TPSA) is 3.24 Å². The molecule has 0 spiro atoms. The van der Waals surface area contributed by atoms with E-state index < -0.39 is 0 Å². The van der Waals surface area contributed by atoms with Gasteiger partial charge in [-0.1, -0.05) is 77.1 Å². The Kier molecular flexibility index (Phi) is 3.92. The van der Waals surface area contributed by atoms with Crippen LogP contribution in [0.5, 0.6) is 0 Å². The number of rotatable bonds is 3. The summed E-state index contributed by atoms with van der Waals surface area (Å²) in [5.41, 5.74) is 3.28. The number of hydrogen-bond donors (Lipinski definition) is 0. The molecule has 0 radical (unpaired) electrons. The molecule has 1 aromatic rings. The molecule has 0 aromatic heterocycles. The van der Waals surface area contributed by atoms with E-state index in [0.717, 1.165) is 0 Å². The van der Waals surface area contributed by atoms with Gasteiger partial charge < -0.3 is 4.90 Å². The van der Waals surface area contributed by atoms with Gasteiger partial charge in [0.1, 0.15) is 0 Å². The highest BCUT2D eigenvalue weighted by Gasteiger charge is 2.41. The smallest absolute Gasteiger partial charge is 0.0583 e. The Bertz CT molecular complexity index is 588. The van der Waals surface area contributed by atoms with Crippen LogP contribution >= 0.6 is 0 Å². The van der Waals surface area contributed by atoms with Crippen molar-refractivity contribution in [1.29, 1.82) is 0 Å². The predicted octanol–water partition coefficient (Wildman–Crippen LogP) is 5.55. The van der Waals surface area contributed by atoms with Crippen molar-refractivity contribution in [2.24, 2.45) is 11.3 Å². The molecule has 0 bridgehead atoms. The number of anilines is 1. The van der Waals surface area contributed by atoms with Gasteiger partial charge in [0.25, 0.3) is 0 Å². The maximum Gasteiger partial charge on any atom is 0.0583 e. The van der Waals surface area contributed by atoms with E-state index in [2.05, 4.69) is 88.1 Å². The molecule has 0 N–H and O–H groups in total. The van der Waals surface area contributed by atoms with Crippen molar-refractivity contribution in [3.05, 3.63) is 54.1 Å². The van der Waals surface area contributed by atoms with E-state index in [9.17, 15) is 0 Å². The molecule has 0 fully saturated rings. The summed E-state index contributed by atoms with van der Waals surface area (Å²) in [5.74, 6) is 1.16. The van der Waals surface area contributed by atoms with Crippen molar-refractivity contribution in [2.45, 2.75) is 59.0 Å². The van der Waals surface area contributed by atoms with Crippen LogP contribution in [-0.4, -0.2) is 12.1 Å². The van der Waals surface area contributed by atoms with E-state index in [1.165, 1.54) is 17.7 Å². The first-order valence-electron chi connectivity index (χ1n) is 8.61. The lowest BCUT2D eigenvalue weighted by atomic mass is 9.82. The van der Waals surface area contributed by atoms with Crippen molar-refractivity contribution in [1.82, 2.24) is 0 Å². The fourth-order valence-electron chi connectivity index (χ4n) is 4.00. The second-order valence-electron chi connectivity index (χ2n) is 8.33. The van der Waals surface area contributed by atoms with E-state index in [4.69, 9.17) is 0 Å². The summed E-state index contributed by atoms with van der Waals surface area (Å²) in [7, 11) is 0. The Labute approximate surface area is 135 Å². The lowest BCUT2D eigenvalue weighted by Crippen LogP contribution is -2.46. The molecule has 1 heterocycles. The third-order valence-corrected chi connectivity index (χ3v) is 4.95. The highest BCUT2D eigenvalue weighted by atomic mass is 15.2. The summed E-state index contributed by atoms with van der Waals surface area (Å²) < 4.78 is 0. The summed E-state index contributed by atoms with van der Waals surface area (Å²) >= 11 is 0. The third kappa shape index (κ3) is 2.74. The van der Waals surface area contributed by atoms with Crippen LogP contribution in [0.1, 0.15) is 52.5 Å². The third-order valence-electron chi connectivity index (χ3n) is 4.95. The van der Waals surface area contributed by atoms with E-state index in [-0.39, 0.29) is 0 Å². The second-order valence-corrected chi connectivity index (χ2v) is 8.33. The first-order chi connectivity index (χ1) is 10.4. The zero-order chi connectivity index (χ0) is 15.9. The quantitative estimate of drug-likeness (QED) is 0.707. The molecule has 3 unspecified atom stereocenters. The largest absolute Gasteiger partial charge is 0.361 e. The van der Waals surface area contributed by atoms with Crippen LogP contribution in [0.2, 0.25) is 0 Å². The van der Waals surface area contributed by atoms with Crippen LogP contribution in [0.25, 0.3) is 0 Å². The summed E-state index contributed by atoms with van der Waals surface area (Å²) in [6.07, 6.45) is 10.4. The van der Waals surface area contributed by atoms with E-state index in [1.54, 1.807) is 0 Å². The Hall–Kier alpha value is -1.50. The zero-order valence-electron chi connectivity index (χ0n) is 14.6. The van der Waals surface area contributed by atoms with Crippen LogP contribution in [0.4, 0.5) is 5.69 Å². The molecule has 0 saturated heterocycles. The number of hydrogen-bond acceptors (Lipinski definition) is 1. The predicted molar refractivity (Wildman–Crippen MR) is 96.4 cm³/mol. The summed E-state index contributed by atoms with van der Waals surface area (Å²) in [6, 6.07) is 10.0. The van der Waals surface area contributed by atoms with Crippen LogP contribution in [0.15, 0.2) is 48.6 Å². The minimum Gasteiger partial charge on any atom is -0.361 e. The maximum atomic E-state index is 2.70. The lowest BCUT2D eigenvalue weighted by Gasteiger charge is -2.41. The Morgan fingerprint density at radius 1 is 1.05 bits per heavy atom. The molecule has 0 amide bonds. The summed E-state index contributed by atoms with van der Waals surface area (Å²) in [5, 5.41) is 0. The van der Waals surface area contributed by atoms with Gasteiger partial charge in [0, 0.05) is 17.6 Å². The van der Waals surface area contributed by atoms with Crippen LogP contribution in [0.3, 0.4) is 0 Å². The van der Waals surface area contributed by atoms with Crippen molar-refractivity contribution >= 4 is 5.69 Å². The Morgan fingerprint density at radius 3 is 2.41 bits per heavy atom. The first-order valence-corrected chi connectivity index (χ1v) is 8.61. The van der Waals surface area contributed by atoms with Gasteiger partial charge in [-0.05, 0) is 29.4 Å². The highest BCUT2D eigenvalue weighted by Crippen LogP contribution is 2.47. The fraction of sp³-hybridized carbons (Fsp3) is 0.524. The van der Waals surface area contributed by atoms with Gasteiger partial charge in [-0.2, -0.15) is 0 Å². The van der Waals surface area contributed by atoms with Crippen molar-refractivity contribution in [2.75, 3.05) is 4.90 Å². The second kappa shape index (κ2) is 5.61. The molecule has 1 aromatic carbocycles. The number of benzene rings is 1. The van der Waals surface area contributed by atoms with E-state index >= 15 is 0 Å². The minimum absolute atomic E-state index is 0.343. The number of allylic oxidation sites excluding steroid dienone is 2. The molecule has 118 valence electrons. The summed E-state index contributed by atoms with van der Waals surface area (Å²) in [6.45, 7) is 11.8. The molecule has 1 heteroatoms. The van der Waals surface area contributed by atoms with Crippen LogP contribution in [-0.2, 0) is 0 Å². The van der Waals surface area contributed by atoms with Crippen LogP contribution in [0, 0.1) is 11.3 Å². The molecule has 3 atom stereocenters. The van der Waals surface area contributed by atoms with Gasteiger partial charge in [-0.25, -0.2) is 0 Å². The normalized spacial score (nSPS) is 24.5.